The molecular formula is C22H28N2OS. The fourth-order valence-electron chi connectivity index (χ4n) is 3.98. The molecule has 1 aromatic heterocycles. The van der Waals surface area contributed by atoms with Crippen LogP contribution in [0.1, 0.15) is 52.6 Å². The smallest absolute Gasteiger partial charge is 0.224 e. The Bertz CT molecular complexity index is 840. The molecule has 0 saturated heterocycles. The van der Waals surface area contributed by atoms with Gasteiger partial charge in [0.15, 0.2) is 0 Å². The van der Waals surface area contributed by atoms with E-state index in [-0.39, 0.29) is 11.3 Å². The van der Waals surface area contributed by atoms with Crippen molar-refractivity contribution in [2.75, 3.05) is 16.8 Å². The van der Waals surface area contributed by atoms with Crippen LogP contribution >= 0.6 is 11.3 Å². The lowest BCUT2D eigenvalue weighted by atomic mass is 10.0. The van der Waals surface area contributed by atoms with Crippen molar-refractivity contribution in [1.82, 2.24) is 0 Å². The van der Waals surface area contributed by atoms with Crippen molar-refractivity contribution in [1.29, 1.82) is 0 Å². The van der Waals surface area contributed by atoms with Crippen LogP contribution in [0, 0.1) is 26.2 Å². The van der Waals surface area contributed by atoms with Gasteiger partial charge in [-0.3, -0.25) is 4.79 Å². The third-order valence-electron chi connectivity index (χ3n) is 5.83. The Kier molecular flexibility index (Phi) is 4.34. The molecule has 2 aromatic rings. The normalized spacial score (nSPS) is 17.8. The molecular weight excluding hydrogens is 340 g/mol. The van der Waals surface area contributed by atoms with Crippen LogP contribution in [0.3, 0.4) is 0 Å². The van der Waals surface area contributed by atoms with Crippen LogP contribution in [0.4, 0.5) is 11.4 Å². The molecule has 0 bridgehead atoms. The summed E-state index contributed by atoms with van der Waals surface area (Å²) < 4.78 is 0. The Morgan fingerprint density at radius 2 is 1.88 bits per heavy atom. The molecule has 4 heteroatoms. The maximum absolute atomic E-state index is 12.4. The van der Waals surface area contributed by atoms with E-state index >= 15 is 0 Å². The number of aryl methyl sites for hydroxylation is 3. The van der Waals surface area contributed by atoms with Crippen LogP contribution in [0.25, 0.3) is 0 Å². The molecule has 0 radical (unpaired) electrons. The molecule has 1 aliphatic heterocycles. The number of benzene rings is 1. The van der Waals surface area contributed by atoms with Crippen LogP contribution in [-0.4, -0.2) is 12.5 Å². The van der Waals surface area contributed by atoms with E-state index in [0.717, 1.165) is 36.3 Å². The van der Waals surface area contributed by atoms with Crippen molar-refractivity contribution in [2.45, 2.75) is 59.9 Å². The zero-order valence-electron chi connectivity index (χ0n) is 16.2. The molecule has 0 unspecified atom stereocenters. The van der Waals surface area contributed by atoms with Gasteiger partial charge in [0.25, 0.3) is 0 Å². The SMILES string of the molecule is Cc1cc2c(s1)CCN(c1cc(C)c(NC(=O)CC3(C)CC3)c(C)c1)C2. The summed E-state index contributed by atoms with van der Waals surface area (Å²) >= 11 is 1.94. The lowest BCUT2D eigenvalue weighted by molar-refractivity contribution is -0.117. The summed E-state index contributed by atoms with van der Waals surface area (Å²) in [7, 11) is 0. The lowest BCUT2D eigenvalue weighted by Crippen LogP contribution is -2.29. The largest absolute Gasteiger partial charge is 0.367 e. The first-order chi connectivity index (χ1) is 12.3. The average Bonchev–Trinajstić information content (AvgIpc) is 3.16. The van der Waals surface area contributed by atoms with Crippen LogP contribution in [0.2, 0.25) is 0 Å². The number of hydrogen-bond acceptors (Lipinski definition) is 3. The van der Waals surface area contributed by atoms with Gasteiger partial charge in [-0.05, 0) is 80.3 Å². The number of nitrogens with zero attached hydrogens (tertiary/aromatic N) is 1. The van der Waals surface area contributed by atoms with E-state index in [4.69, 9.17) is 0 Å². The van der Waals surface area contributed by atoms with Gasteiger partial charge in [0.1, 0.15) is 0 Å². The second-order valence-electron chi connectivity index (χ2n) is 8.47. The summed E-state index contributed by atoms with van der Waals surface area (Å²) in [6, 6.07) is 6.79. The van der Waals surface area contributed by atoms with Crippen molar-refractivity contribution >= 4 is 28.6 Å². The summed E-state index contributed by atoms with van der Waals surface area (Å²) in [4.78, 5) is 17.8. The highest BCUT2D eigenvalue weighted by atomic mass is 32.1. The van der Waals surface area contributed by atoms with Gasteiger partial charge in [0, 0.05) is 40.6 Å². The Balaban J connectivity index is 1.51. The highest BCUT2D eigenvalue weighted by molar-refractivity contribution is 7.12. The monoisotopic (exact) mass is 368 g/mol. The fraction of sp³-hybridized carbons (Fsp3) is 0.500. The van der Waals surface area contributed by atoms with Crippen molar-refractivity contribution < 1.29 is 4.79 Å². The van der Waals surface area contributed by atoms with E-state index in [0.29, 0.717) is 6.42 Å². The second-order valence-corrected chi connectivity index (χ2v) is 9.81. The third-order valence-corrected chi connectivity index (χ3v) is 6.98. The van der Waals surface area contributed by atoms with E-state index in [2.05, 4.69) is 56.1 Å². The number of thiophene rings is 1. The average molecular weight is 369 g/mol. The van der Waals surface area contributed by atoms with E-state index in [1.807, 2.05) is 11.3 Å². The number of rotatable bonds is 4. The van der Waals surface area contributed by atoms with E-state index in [1.165, 1.54) is 29.0 Å². The lowest BCUT2D eigenvalue weighted by Gasteiger charge is -2.30. The minimum Gasteiger partial charge on any atom is -0.367 e. The van der Waals surface area contributed by atoms with Crippen molar-refractivity contribution in [2.24, 2.45) is 5.41 Å². The topological polar surface area (TPSA) is 32.3 Å². The predicted molar refractivity (Wildman–Crippen MR) is 110 cm³/mol. The van der Waals surface area contributed by atoms with Gasteiger partial charge in [-0.15, -0.1) is 11.3 Å². The number of carbonyl (C=O) groups excluding carboxylic acids is 1. The predicted octanol–water partition coefficient (Wildman–Crippen LogP) is 5.36. The van der Waals surface area contributed by atoms with Gasteiger partial charge in [-0.2, -0.15) is 0 Å². The molecule has 2 aliphatic rings. The number of anilines is 2. The summed E-state index contributed by atoms with van der Waals surface area (Å²) in [5, 5.41) is 3.17. The van der Waals surface area contributed by atoms with Crippen LogP contribution in [0.15, 0.2) is 18.2 Å². The first-order valence-electron chi connectivity index (χ1n) is 9.57. The van der Waals surface area contributed by atoms with Gasteiger partial charge < -0.3 is 10.2 Å². The van der Waals surface area contributed by atoms with E-state index in [1.54, 1.807) is 4.88 Å². The van der Waals surface area contributed by atoms with Crippen LogP contribution in [-0.2, 0) is 17.8 Å². The highest BCUT2D eigenvalue weighted by Crippen LogP contribution is 2.48. The van der Waals surface area contributed by atoms with E-state index in [9.17, 15) is 4.79 Å². The van der Waals surface area contributed by atoms with Gasteiger partial charge >= 0.3 is 0 Å². The Morgan fingerprint density at radius 1 is 1.19 bits per heavy atom. The third kappa shape index (κ3) is 3.52. The standard InChI is InChI=1S/C22H28N2OS/c1-14-9-18(24-8-5-19-17(13-24)11-16(3)26-19)10-15(2)21(14)23-20(25)12-22(4)6-7-22/h9-11H,5-8,12-13H2,1-4H3,(H,23,25). The fourth-order valence-corrected chi connectivity index (χ4v) is 5.02. The quantitative estimate of drug-likeness (QED) is 0.787. The van der Waals surface area contributed by atoms with Gasteiger partial charge in [-0.25, -0.2) is 0 Å². The molecule has 1 fully saturated rings. The zero-order valence-corrected chi connectivity index (χ0v) is 17.1. The molecule has 0 atom stereocenters. The minimum atomic E-state index is 0.153. The maximum atomic E-state index is 12.4. The number of carbonyl (C=O) groups is 1. The number of amides is 1. The summed E-state index contributed by atoms with van der Waals surface area (Å²) in [6.45, 7) is 10.7. The molecule has 0 spiro atoms. The van der Waals surface area contributed by atoms with Gasteiger partial charge in [0.05, 0.1) is 0 Å². The maximum Gasteiger partial charge on any atom is 0.224 e. The molecule has 4 rings (SSSR count). The molecule has 1 amide bonds. The molecule has 1 N–H and O–H groups in total. The van der Waals surface area contributed by atoms with E-state index < -0.39 is 0 Å². The Hall–Kier alpha value is -1.81. The van der Waals surface area contributed by atoms with Crippen molar-refractivity contribution in [3.05, 3.63) is 44.6 Å². The second kappa shape index (κ2) is 6.41. The number of hydrogen-bond donors (Lipinski definition) is 1. The first-order valence-corrected chi connectivity index (χ1v) is 10.4. The molecule has 1 aromatic carbocycles. The minimum absolute atomic E-state index is 0.153. The highest BCUT2D eigenvalue weighted by Gasteiger charge is 2.39. The number of fused-ring (bicyclic) bond motifs is 1. The Labute approximate surface area is 160 Å². The molecule has 26 heavy (non-hydrogen) atoms. The van der Waals surface area contributed by atoms with Crippen molar-refractivity contribution in [3.8, 4) is 0 Å². The zero-order chi connectivity index (χ0) is 18.5. The molecule has 1 saturated carbocycles. The summed E-state index contributed by atoms with van der Waals surface area (Å²) in [5.41, 5.74) is 6.29. The molecule has 138 valence electrons. The number of nitrogens with one attached hydrogen (secondary N) is 1. The van der Waals surface area contributed by atoms with Gasteiger partial charge in [-0.1, -0.05) is 6.92 Å². The van der Waals surface area contributed by atoms with Crippen LogP contribution < -0.4 is 10.2 Å². The van der Waals surface area contributed by atoms with Crippen molar-refractivity contribution in [3.63, 3.8) is 0 Å². The van der Waals surface area contributed by atoms with Crippen LogP contribution in [0.5, 0.6) is 0 Å². The summed E-state index contributed by atoms with van der Waals surface area (Å²) in [5.74, 6) is 0.153. The molecule has 2 heterocycles. The van der Waals surface area contributed by atoms with Gasteiger partial charge in [0.2, 0.25) is 5.91 Å². The summed E-state index contributed by atoms with van der Waals surface area (Å²) in [6.07, 6.45) is 4.12. The molecule has 1 aliphatic carbocycles. The first kappa shape index (κ1) is 17.6. The molecule has 3 nitrogen and oxygen atoms in total. The Morgan fingerprint density at radius 3 is 2.54 bits per heavy atom.